The molecule has 96 valence electrons. The predicted molar refractivity (Wildman–Crippen MR) is 62.5 cm³/mol. The Morgan fingerprint density at radius 1 is 1.39 bits per heavy atom. The minimum atomic E-state index is -0.958. The summed E-state index contributed by atoms with van der Waals surface area (Å²) in [6, 6.07) is 5.37. The molecule has 1 rings (SSSR count). The van der Waals surface area contributed by atoms with Gasteiger partial charge in [0, 0.05) is 13.1 Å². The summed E-state index contributed by atoms with van der Waals surface area (Å²) in [4.78, 5) is 13.4. The van der Waals surface area contributed by atoms with Crippen molar-refractivity contribution in [1.82, 2.24) is 4.90 Å². The molecule has 1 amide bonds. The summed E-state index contributed by atoms with van der Waals surface area (Å²) in [5.74, 6) is -2.08. The highest BCUT2D eigenvalue weighted by molar-refractivity contribution is 5.78. The third-order valence-corrected chi connectivity index (χ3v) is 2.57. The van der Waals surface area contributed by atoms with Crippen molar-refractivity contribution < 1.29 is 13.6 Å². The molecule has 0 spiro atoms. The Balaban J connectivity index is 2.68. The molecule has 5 heteroatoms. The van der Waals surface area contributed by atoms with Gasteiger partial charge in [0.05, 0.1) is 18.9 Å². The van der Waals surface area contributed by atoms with Crippen molar-refractivity contribution in [2.45, 2.75) is 19.8 Å². The summed E-state index contributed by atoms with van der Waals surface area (Å²) in [7, 11) is 0. The molecule has 0 radical (unpaired) electrons. The van der Waals surface area contributed by atoms with Crippen molar-refractivity contribution in [3.8, 4) is 6.07 Å². The Bertz CT molecular complexity index is 469. The first-order valence-electron chi connectivity index (χ1n) is 5.67. The van der Waals surface area contributed by atoms with Gasteiger partial charge in [-0.15, -0.1) is 0 Å². The fourth-order valence-electron chi connectivity index (χ4n) is 1.58. The zero-order valence-electron chi connectivity index (χ0n) is 10.1. The molecular weight excluding hydrogens is 238 g/mol. The molecule has 0 bridgehead atoms. The molecule has 18 heavy (non-hydrogen) atoms. The number of hydrogen-bond acceptors (Lipinski definition) is 2. The smallest absolute Gasteiger partial charge is 0.227 e. The Morgan fingerprint density at radius 3 is 2.67 bits per heavy atom. The molecule has 0 aliphatic heterocycles. The Kier molecular flexibility index (Phi) is 5.25. The number of likely N-dealkylation sites (N-methyl/N-ethyl adjacent to an activating group) is 1. The van der Waals surface area contributed by atoms with Gasteiger partial charge >= 0.3 is 0 Å². The van der Waals surface area contributed by atoms with Crippen LogP contribution in [0.25, 0.3) is 0 Å². The number of nitrogens with zero attached hydrogens (tertiary/aromatic N) is 2. The van der Waals surface area contributed by atoms with Crippen LogP contribution >= 0.6 is 0 Å². The molecule has 3 nitrogen and oxygen atoms in total. The molecule has 0 aromatic heterocycles. The molecule has 0 atom stereocenters. The van der Waals surface area contributed by atoms with Crippen LogP contribution in [-0.2, 0) is 11.2 Å². The van der Waals surface area contributed by atoms with Crippen molar-refractivity contribution in [1.29, 1.82) is 5.26 Å². The molecule has 0 saturated carbocycles. The average molecular weight is 252 g/mol. The van der Waals surface area contributed by atoms with Crippen LogP contribution in [0.4, 0.5) is 8.78 Å². The fraction of sp³-hybridized carbons (Fsp3) is 0.385. The highest BCUT2D eigenvalue weighted by Gasteiger charge is 2.13. The van der Waals surface area contributed by atoms with Crippen LogP contribution in [0.3, 0.4) is 0 Å². The number of hydrogen-bond donors (Lipinski definition) is 0. The molecule has 1 aromatic rings. The lowest BCUT2D eigenvalue weighted by molar-refractivity contribution is -0.130. The topological polar surface area (TPSA) is 44.1 Å². The van der Waals surface area contributed by atoms with Gasteiger partial charge in [0.25, 0.3) is 0 Å². The SMILES string of the molecule is CCN(CCC#N)C(=O)Cc1ccc(F)c(F)c1. The number of nitriles is 1. The van der Waals surface area contributed by atoms with Crippen molar-refractivity contribution in [3.05, 3.63) is 35.4 Å². The standard InChI is InChI=1S/C13H14F2N2O/c1-2-17(7-3-6-16)13(18)9-10-4-5-11(14)12(15)8-10/h4-5,8H,2-3,7,9H2,1H3. The van der Waals surface area contributed by atoms with E-state index in [4.69, 9.17) is 5.26 Å². The van der Waals surface area contributed by atoms with Crippen molar-refractivity contribution in [2.75, 3.05) is 13.1 Å². The van der Waals surface area contributed by atoms with Crippen LogP contribution in [0, 0.1) is 23.0 Å². The van der Waals surface area contributed by atoms with E-state index in [2.05, 4.69) is 0 Å². The van der Waals surface area contributed by atoms with Crippen LogP contribution in [0.15, 0.2) is 18.2 Å². The van der Waals surface area contributed by atoms with Gasteiger partial charge in [0.15, 0.2) is 11.6 Å². The summed E-state index contributed by atoms with van der Waals surface area (Å²) in [6.07, 6.45) is 0.272. The number of benzene rings is 1. The first-order valence-corrected chi connectivity index (χ1v) is 5.67. The number of amides is 1. The van der Waals surface area contributed by atoms with E-state index in [0.29, 0.717) is 18.7 Å². The van der Waals surface area contributed by atoms with E-state index in [1.54, 1.807) is 6.92 Å². The minimum Gasteiger partial charge on any atom is -0.342 e. The summed E-state index contributed by atoms with van der Waals surface area (Å²) in [5.41, 5.74) is 0.425. The van der Waals surface area contributed by atoms with Gasteiger partial charge in [-0.2, -0.15) is 5.26 Å². The number of halogens is 2. The Hall–Kier alpha value is -1.96. The minimum absolute atomic E-state index is 0.0104. The molecule has 0 aliphatic rings. The second-order valence-corrected chi connectivity index (χ2v) is 3.81. The first-order chi connectivity index (χ1) is 8.58. The summed E-state index contributed by atoms with van der Waals surface area (Å²) in [6.45, 7) is 2.65. The molecule has 0 fully saturated rings. The van der Waals surface area contributed by atoms with Gasteiger partial charge in [-0.05, 0) is 24.6 Å². The van der Waals surface area contributed by atoms with E-state index in [0.717, 1.165) is 12.1 Å². The summed E-state index contributed by atoms with van der Waals surface area (Å²) >= 11 is 0. The second-order valence-electron chi connectivity index (χ2n) is 3.81. The van der Waals surface area contributed by atoms with Crippen LogP contribution < -0.4 is 0 Å². The monoisotopic (exact) mass is 252 g/mol. The molecule has 1 aromatic carbocycles. The average Bonchev–Trinajstić information content (AvgIpc) is 2.35. The maximum absolute atomic E-state index is 13.0. The maximum atomic E-state index is 13.0. The fourth-order valence-corrected chi connectivity index (χ4v) is 1.58. The molecule has 0 saturated heterocycles. The number of carbonyl (C=O) groups is 1. The van der Waals surface area contributed by atoms with Crippen molar-refractivity contribution in [3.63, 3.8) is 0 Å². The third-order valence-electron chi connectivity index (χ3n) is 2.57. The quantitative estimate of drug-likeness (QED) is 0.806. The van der Waals surface area contributed by atoms with Gasteiger partial charge in [-0.3, -0.25) is 4.79 Å². The van der Waals surface area contributed by atoms with Gasteiger partial charge in [-0.1, -0.05) is 6.07 Å². The number of carbonyl (C=O) groups excluding carboxylic acids is 1. The van der Waals surface area contributed by atoms with Gasteiger partial charge in [0.2, 0.25) is 5.91 Å². The lowest BCUT2D eigenvalue weighted by Gasteiger charge is -2.19. The van der Waals surface area contributed by atoms with Gasteiger partial charge in [0.1, 0.15) is 0 Å². The normalized spacial score (nSPS) is 9.89. The maximum Gasteiger partial charge on any atom is 0.227 e. The Morgan fingerprint density at radius 2 is 2.11 bits per heavy atom. The van der Waals surface area contributed by atoms with Crippen molar-refractivity contribution in [2.24, 2.45) is 0 Å². The van der Waals surface area contributed by atoms with E-state index in [1.165, 1.54) is 11.0 Å². The van der Waals surface area contributed by atoms with E-state index < -0.39 is 11.6 Å². The van der Waals surface area contributed by atoms with E-state index >= 15 is 0 Å². The van der Waals surface area contributed by atoms with Crippen molar-refractivity contribution >= 4 is 5.91 Å². The van der Waals surface area contributed by atoms with E-state index in [1.807, 2.05) is 6.07 Å². The zero-order valence-corrected chi connectivity index (χ0v) is 10.1. The summed E-state index contributed by atoms with van der Waals surface area (Å²) in [5, 5.41) is 8.47. The molecule has 0 N–H and O–H groups in total. The molecule has 0 unspecified atom stereocenters. The van der Waals surface area contributed by atoms with Gasteiger partial charge in [-0.25, -0.2) is 8.78 Å². The lowest BCUT2D eigenvalue weighted by Crippen LogP contribution is -2.32. The summed E-state index contributed by atoms with van der Waals surface area (Å²) < 4.78 is 25.7. The van der Waals surface area contributed by atoms with E-state index in [-0.39, 0.29) is 18.7 Å². The van der Waals surface area contributed by atoms with Crippen LogP contribution in [0.1, 0.15) is 18.9 Å². The predicted octanol–water partition coefficient (Wildman–Crippen LogP) is 2.27. The molecule has 0 aliphatic carbocycles. The number of rotatable bonds is 5. The Labute approximate surface area is 105 Å². The highest BCUT2D eigenvalue weighted by Crippen LogP contribution is 2.10. The lowest BCUT2D eigenvalue weighted by atomic mass is 10.1. The first kappa shape index (κ1) is 14.1. The van der Waals surface area contributed by atoms with E-state index in [9.17, 15) is 13.6 Å². The largest absolute Gasteiger partial charge is 0.342 e. The van der Waals surface area contributed by atoms with Gasteiger partial charge < -0.3 is 4.90 Å². The molecular formula is C13H14F2N2O. The molecule has 0 heterocycles. The van der Waals surface area contributed by atoms with Crippen LogP contribution in [0.2, 0.25) is 0 Å². The zero-order chi connectivity index (χ0) is 13.5. The third kappa shape index (κ3) is 3.81. The highest BCUT2D eigenvalue weighted by atomic mass is 19.2. The van der Waals surface area contributed by atoms with Crippen LogP contribution in [-0.4, -0.2) is 23.9 Å². The van der Waals surface area contributed by atoms with Crippen LogP contribution in [0.5, 0.6) is 0 Å². The second kappa shape index (κ2) is 6.70.